The Kier molecular flexibility index (Phi) is 4.58. The molecule has 0 saturated heterocycles. The Balaban J connectivity index is 2.88. The summed E-state index contributed by atoms with van der Waals surface area (Å²) in [6, 6.07) is 6.67. The van der Waals surface area contributed by atoms with Crippen molar-refractivity contribution in [2.75, 3.05) is 0 Å². The minimum atomic E-state index is -4.66. The molecule has 0 aliphatic carbocycles. The number of rotatable bonds is 2. The van der Waals surface area contributed by atoms with Gasteiger partial charge < -0.3 is 5.11 Å². The molecule has 0 aromatic heterocycles. The van der Waals surface area contributed by atoms with Crippen molar-refractivity contribution >= 4 is 37.9 Å². The molecule has 1 atom stereocenters. The summed E-state index contributed by atoms with van der Waals surface area (Å²) in [7, 11) is 0. The van der Waals surface area contributed by atoms with Crippen LogP contribution in [0.2, 0.25) is 0 Å². The molecular formula is C10H7Br2F3O. The fourth-order valence-corrected chi connectivity index (χ4v) is 1.74. The molecule has 0 saturated carbocycles. The molecule has 0 spiro atoms. The van der Waals surface area contributed by atoms with E-state index in [4.69, 9.17) is 5.11 Å². The van der Waals surface area contributed by atoms with Crippen molar-refractivity contribution in [1.29, 1.82) is 0 Å². The average Bonchev–Trinajstić information content (AvgIpc) is 2.19. The fraction of sp³-hybridized carbons (Fsp3) is 0.200. The van der Waals surface area contributed by atoms with Gasteiger partial charge in [0.05, 0.1) is 0 Å². The summed E-state index contributed by atoms with van der Waals surface area (Å²) in [4.78, 5) is 0. The Morgan fingerprint density at radius 2 is 1.75 bits per heavy atom. The van der Waals surface area contributed by atoms with Gasteiger partial charge in [-0.1, -0.05) is 44.0 Å². The summed E-state index contributed by atoms with van der Waals surface area (Å²) >= 11 is 5.92. The van der Waals surface area contributed by atoms with Gasteiger partial charge in [-0.2, -0.15) is 13.2 Å². The van der Waals surface area contributed by atoms with Crippen LogP contribution >= 0.6 is 31.9 Å². The lowest BCUT2D eigenvalue weighted by Crippen LogP contribution is -2.28. The highest BCUT2D eigenvalue weighted by atomic mass is 79.9. The van der Waals surface area contributed by atoms with Gasteiger partial charge in [-0.25, -0.2) is 0 Å². The first-order valence-corrected chi connectivity index (χ1v) is 5.77. The Morgan fingerprint density at radius 1 is 1.25 bits per heavy atom. The third-order valence-corrected chi connectivity index (χ3v) is 2.94. The van der Waals surface area contributed by atoms with E-state index in [1.165, 1.54) is 6.08 Å². The molecule has 0 heterocycles. The van der Waals surface area contributed by atoms with Gasteiger partial charge in [-0.15, -0.1) is 0 Å². The number of halogens is 5. The molecule has 6 heteroatoms. The smallest absolute Gasteiger partial charge is 0.379 e. The van der Waals surface area contributed by atoms with Crippen molar-refractivity contribution in [2.45, 2.75) is 12.3 Å². The number of benzene rings is 1. The largest absolute Gasteiger partial charge is 0.419 e. The summed E-state index contributed by atoms with van der Waals surface area (Å²) < 4.78 is 36.9. The molecular weight excluding hydrogens is 353 g/mol. The van der Waals surface area contributed by atoms with Crippen molar-refractivity contribution in [1.82, 2.24) is 0 Å². The van der Waals surface area contributed by atoms with Gasteiger partial charge in [0.2, 0.25) is 0 Å². The van der Waals surface area contributed by atoms with Crippen LogP contribution in [0.1, 0.15) is 5.56 Å². The summed E-state index contributed by atoms with van der Waals surface area (Å²) in [5, 5.41) is 8.92. The molecule has 0 radical (unpaired) electrons. The molecule has 0 amide bonds. The Morgan fingerprint density at radius 3 is 2.19 bits per heavy atom. The molecule has 1 rings (SSSR count). The van der Waals surface area contributed by atoms with E-state index >= 15 is 0 Å². The van der Waals surface area contributed by atoms with Gasteiger partial charge in [0.1, 0.15) is 0 Å². The lowest BCUT2D eigenvalue weighted by molar-refractivity contribution is -0.188. The molecule has 0 aliphatic heterocycles. The van der Waals surface area contributed by atoms with Crippen molar-refractivity contribution < 1.29 is 18.3 Å². The second kappa shape index (κ2) is 5.33. The van der Waals surface area contributed by atoms with Crippen LogP contribution in [-0.4, -0.2) is 17.4 Å². The van der Waals surface area contributed by atoms with Crippen LogP contribution < -0.4 is 0 Å². The zero-order chi connectivity index (χ0) is 12.3. The molecule has 0 fully saturated rings. The molecule has 1 nitrogen and oxygen atoms in total. The normalized spacial score (nSPS) is 15.0. The van der Waals surface area contributed by atoms with E-state index in [1.54, 1.807) is 24.3 Å². The maximum Gasteiger partial charge on any atom is 0.419 e. The highest BCUT2D eigenvalue weighted by Crippen LogP contribution is 2.29. The van der Waals surface area contributed by atoms with Crippen LogP contribution in [0.3, 0.4) is 0 Å². The molecule has 16 heavy (non-hydrogen) atoms. The summed E-state index contributed by atoms with van der Waals surface area (Å²) in [6.45, 7) is 0. The van der Waals surface area contributed by atoms with Gasteiger partial charge in [-0.05, 0) is 23.8 Å². The average molecular weight is 360 g/mol. The number of hydrogen-bond acceptors (Lipinski definition) is 1. The standard InChI is InChI=1S/C10H7Br2F3O/c11-7-3-1-6(2-4-7)5-8(12)9(16)10(13,14)15/h1-5,9,16H/b8-5-. The quantitative estimate of drug-likeness (QED) is 0.842. The summed E-state index contributed by atoms with van der Waals surface area (Å²) in [5.41, 5.74) is 0.568. The van der Waals surface area contributed by atoms with Gasteiger partial charge in [-0.3, -0.25) is 0 Å². The fourth-order valence-electron chi connectivity index (χ4n) is 0.954. The zero-order valence-corrected chi connectivity index (χ0v) is 11.0. The molecule has 1 N–H and O–H groups in total. The number of aliphatic hydroxyl groups is 1. The second-order valence-corrected chi connectivity index (χ2v) is 4.86. The predicted molar refractivity (Wildman–Crippen MR) is 63.1 cm³/mol. The van der Waals surface area contributed by atoms with Gasteiger partial charge in [0.15, 0.2) is 6.10 Å². The van der Waals surface area contributed by atoms with Crippen LogP contribution in [0.5, 0.6) is 0 Å². The molecule has 88 valence electrons. The Hall–Kier alpha value is -0.330. The van der Waals surface area contributed by atoms with Crippen LogP contribution in [0.15, 0.2) is 33.2 Å². The summed E-state index contributed by atoms with van der Waals surface area (Å²) in [6.07, 6.45) is -5.92. The first-order valence-electron chi connectivity index (χ1n) is 4.18. The third kappa shape index (κ3) is 3.92. The Bertz CT molecular complexity index is 384. The molecule has 0 aliphatic rings. The van der Waals surface area contributed by atoms with E-state index in [2.05, 4.69) is 31.9 Å². The first-order chi connectivity index (χ1) is 7.30. The van der Waals surface area contributed by atoms with Gasteiger partial charge >= 0.3 is 6.18 Å². The van der Waals surface area contributed by atoms with E-state index in [0.29, 0.717) is 5.56 Å². The van der Waals surface area contributed by atoms with Crippen molar-refractivity contribution in [2.24, 2.45) is 0 Å². The van der Waals surface area contributed by atoms with E-state index in [0.717, 1.165) is 4.47 Å². The number of hydrogen-bond donors (Lipinski definition) is 1. The topological polar surface area (TPSA) is 20.2 Å². The van der Waals surface area contributed by atoms with Crippen molar-refractivity contribution in [3.05, 3.63) is 38.8 Å². The molecule has 1 aromatic carbocycles. The van der Waals surface area contributed by atoms with E-state index < -0.39 is 12.3 Å². The zero-order valence-electron chi connectivity index (χ0n) is 7.80. The minimum Gasteiger partial charge on any atom is -0.379 e. The highest BCUT2D eigenvalue weighted by molar-refractivity contribution is 9.11. The van der Waals surface area contributed by atoms with Gasteiger partial charge in [0, 0.05) is 8.96 Å². The minimum absolute atomic E-state index is 0.317. The maximum atomic E-state index is 12.1. The SMILES string of the molecule is OC(/C(Br)=C/c1ccc(Br)cc1)C(F)(F)F. The van der Waals surface area contributed by atoms with Crippen LogP contribution in [0.4, 0.5) is 13.2 Å². The second-order valence-electron chi connectivity index (χ2n) is 3.02. The van der Waals surface area contributed by atoms with Crippen molar-refractivity contribution in [3.8, 4) is 0 Å². The molecule has 1 aromatic rings. The molecule has 0 bridgehead atoms. The van der Waals surface area contributed by atoms with Crippen LogP contribution in [0, 0.1) is 0 Å². The Labute approximate surface area is 107 Å². The predicted octanol–water partition coefficient (Wildman–Crippen LogP) is 4.11. The van der Waals surface area contributed by atoms with Crippen LogP contribution in [0.25, 0.3) is 6.08 Å². The summed E-state index contributed by atoms with van der Waals surface area (Å²) in [5.74, 6) is 0. The van der Waals surface area contributed by atoms with E-state index in [9.17, 15) is 13.2 Å². The third-order valence-electron chi connectivity index (χ3n) is 1.75. The van der Waals surface area contributed by atoms with Crippen molar-refractivity contribution in [3.63, 3.8) is 0 Å². The lowest BCUT2D eigenvalue weighted by atomic mass is 10.2. The van der Waals surface area contributed by atoms with Gasteiger partial charge in [0.25, 0.3) is 0 Å². The van der Waals surface area contributed by atoms with E-state index in [-0.39, 0.29) is 4.48 Å². The number of aliphatic hydroxyl groups excluding tert-OH is 1. The van der Waals surface area contributed by atoms with Crippen LogP contribution in [-0.2, 0) is 0 Å². The monoisotopic (exact) mass is 358 g/mol. The maximum absolute atomic E-state index is 12.1. The van der Waals surface area contributed by atoms with E-state index in [1.807, 2.05) is 0 Å². The number of alkyl halides is 3. The highest BCUT2D eigenvalue weighted by Gasteiger charge is 2.39. The first kappa shape index (κ1) is 13.7. The molecule has 1 unspecified atom stereocenters. The lowest BCUT2D eigenvalue weighted by Gasteiger charge is -2.13.